The van der Waals surface area contributed by atoms with Gasteiger partial charge in [0.15, 0.2) is 0 Å². The van der Waals surface area contributed by atoms with E-state index in [4.69, 9.17) is 9.88 Å². The Morgan fingerprint density at radius 2 is 2.14 bits per heavy atom. The lowest BCUT2D eigenvalue weighted by Crippen LogP contribution is -2.31. The van der Waals surface area contributed by atoms with Gasteiger partial charge in [0.2, 0.25) is 10.0 Å². The molecule has 8 nitrogen and oxygen atoms in total. The molecular weight excluding hydrogens is 310 g/mol. The first-order chi connectivity index (χ1) is 10.3. The molecule has 1 aromatic rings. The number of hydrogen-bond acceptors (Lipinski definition) is 6. The number of nitrogens with two attached hydrogens (primary N) is 1. The van der Waals surface area contributed by atoms with Crippen molar-refractivity contribution < 1.29 is 18.1 Å². The molecule has 0 aromatic heterocycles. The number of methoxy groups -OCH3 is 1. The minimum atomic E-state index is -4.06. The Hall–Kier alpha value is -1.71. The van der Waals surface area contributed by atoms with Gasteiger partial charge >= 0.3 is 0 Å². The van der Waals surface area contributed by atoms with E-state index in [1.807, 2.05) is 0 Å². The summed E-state index contributed by atoms with van der Waals surface area (Å²) in [5, 5.41) is 19.1. The number of ether oxygens (including phenoxy) is 1. The topological polar surface area (TPSA) is 125 Å². The molecule has 22 heavy (non-hydrogen) atoms. The van der Waals surface area contributed by atoms with Gasteiger partial charge in [0.05, 0.1) is 16.7 Å². The third kappa shape index (κ3) is 3.93. The van der Waals surface area contributed by atoms with Gasteiger partial charge in [0.1, 0.15) is 4.90 Å². The zero-order valence-electron chi connectivity index (χ0n) is 12.2. The van der Waals surface area contributed by atoms with Gasteiger partial charge in [-0.15, -0.1) is 0 Å². The highest BCUT2D eigenvalue weighted by Gasteiger charge is 2.25. The second kappa shape index (κ2) is 6.59. The molecule has 122 valence electrons. The average Bonchev–Trinajstić information content (AvgIpc) is 2.46. The molecule has 0 heterocycles. The number of hydrogen-bond donors (Lipinski definition) is 2. The van der Waals surface area contributed by atoms with Crippen LogP contribution in [0.1, 0.15) is 25.7 Å². The lowest BCUT2D eigenvalue weighted by molar-refractivity contribution is -0.385. The van der Waals surface area contributed by atoms with Gasteiger partial charge in [-0.2, -0.15) is 0 Å². The van der Waals surface area contributed by atoms with Gasteiger partial charge < -0.3 is 10.1 Å². The molecule has 2 rings (SSSR count). The van der Waals surface area contributed by atoms with E-state index < -0.39 is 14.9 Å². The van der Waals surface area contributed by atoms with Crippen molar-refractivity contribution in [3.05, 3.63) is 28.3 Å². The van der Waals surface area contributed by atoms with Crippen LogP contribution >= 0.6 is 0 Å². The third-order valence-electron chi connectivity index (χ3n) is 3.80. The molecule has 1 aromatic carbocycles. The molecule has 1 aliphatic rings. The molecular formula is C13H19N3O5S. The van der Waals surface area contributed by atoms with Gasteiger partial charge in [0, 0.05) is 25.3 Å². The summed E-state index contributed by atoms with van der Waals surface area (Å²) >= 11 is 0. The summed E-state index contributed by atoms with van der Waals surface area (Å²) in [6.07, 6.45) is 3.69. The summed E-state index contributed by atoms with van der Waals surface area (Å²) < 4.78 is 28.7. The second-order valence-electron chi connectivity index (χ2n) is 5.35. The Labute approximate surface area is 128 Å². The summed E-state index contributed by atoms with van der Waals surface area (Å²) in [6, 6.07) is 3.66. The largest absolute Gasteiger partial charge is 0.381 e. The summed E-state index contributed by atoms with van der Waals surface area (Å²) in [5.74, 6) is 0. The predicted octanol–water partition coefficient (Wildman–Crippen LogP) is 1.61. The number of primary sulfonamides is 1. The first-order valence-electron chi connectivity index (χ1n) is 6.92. The fraction of sp³-hybridized carbons (Fsp3) is 0.538. The molecule has 1 fully saturated rings. The molecule has 2 atom stereocenters. The Morgan fingerprint density at radius 3 is 2.73 bits per heavy atom. The summed E-state index contributed by atoms with van der Waals surface area (Å²) in [7, 11) is -2.41. The number of non-ortho nitro benzene ring substituents is 1. The molecule has 3 N–H and O–H groups in total. The van der Waals surface area contributed by atoms with Crippen LogP contribution in [0.5, 0.6) is 0 Å². The van der Waals surface area contributed by atoms with Crippen molar-refractivity contribution in [2.45, 2.75) is 42.7 Å². The van der Waals surface area contributed by atoms with Crippen LogP contribution in [0, 0.1) is 10.1 Å². The maximum absolute atomic E-state index is 11.7. The van der Waals surface area contributed by atoms with Gasteiger partial charge in [-0.1, -0.05) is 0 Å². The first-order valence-corrected chi connectivity index (χ1v) is 8.46. The Bertz CT molecular complexity index is 662. The number of nitrogens with zero attached hydrogens (tertiary/aromatic N) is 1. The van der Waals surface area contributed by atoms with Crippen LogP contribution < -0.4 is 10.5 Å². The van der Waals surface area contributed by atoms with Crippen molar-refractivity contribution in [3.8, 4) is 0 Å². The van der Waals surface area contributed by atoms with Crippen molar-refractivity contribution in [3.63, 3.8) is 0 Å². The van der Waals surface area contributed by atoms with E-state index in [1.165, 1.54) is 12.1 Å². The Kier molecular flexibility index (Phi) is 4.99. The molecule has 2 unspecified atom stereocenters. The normalized spacial score (nSPS) is 22.3. The number of benzene rings is 1. The molecule has 0 aliphatic heterocycles. The van der Waals surface area contributed by atoms with Gasteiger partial charge in [-0.25, -0.2) is 13.6 Å². The van der Waals surface area contributed by atoms with E-state index in [-0.39, 0.29) is 28.4 Å². The zero-order chi connectivity index (χ0) is 16.3. The van der Waals surface area contributed by atoms with E-state index in [0.717, 1.165) is 31.7 Å². The number of nitro groups is 1. The van der Waals surface area contributed by atoms with Gasteiger partial charge in [-0.3, -0.25) is 10.1 Å². The fourth-order valence-corrected chi connectivity index (χ4v) is 3.41. The third-order valence-corrected chi connectivity index (χ3v) is 4.75. The molecule has 0 radical (unpaired) electrons. The molecule has 9 heteroatoms. The number of nitrogens with one attached hydrogen (secondary N) is 1. The van der Waals surface area contributed by atoms with Crippen LogP contribution in [0.4, 0.5) is 11.4 Å². The Morgan fingerprint density at radius 1 is 1.41 bits per heavy atom. The Balaban J connectivity index is 2.28. The second-order valence-corrected chi connectivity index (χ2v) is 6.88. The quantitative estimate of drug-likeness (QED) is 0.624. The van der Waals surface area contributed by atoms with Crippen LogP contribution in [0.25, 0.3) is 0 Å². The van der Waals surface area contributed by atoms with E-state index in [0.29, 0.717) is 0 Å². The summed E-state index contributed by atoms with van der Waals surface area (Å²) in [4.78, 5) is 9.88. The van der Waals surface area contributed by atoms with Gasteiger partial charge in [0.25, 0.3) is 5.69 Å². The van der Waals surface area contributed by atoms with E-state index in [2.05, 4.69) is 5.32 Å². The van der Waals surface area contributed by atoms with Crippen molar-refractivity contribution in [1.29, 1.82) is 0 Å². The molecule has 0 spiro atoms. The molecule has 1 aliphatic carbocycles. The SMILES string of the molecule is COC1CCCC(Nc2ccc([N+](=O)[O-])cc2S(N)(=O)=O)C1. The van der Waals surface area contributed by atoms with Crippen LogP contribution in [0.2, 0.25) is 0 Å². The molecule has 0 bridgehead atoms. The molecule has 0 saturated heterocycles. The number of anilines is 1. The first kappa shape index (κ1) is 16.7. The highest BCUT2D eigenvalue weighted by molar-refractivity contribution is 7.89. The standard InChI is InChI=1S/C13H19N3O5S/c1-21-11-4-2-3-9(7-11)15-12-6-5-10(16(17)18)8-13(12)22(14,19)20/h5-6,8-9,11,15H,2-4,7H2,1H3,(H2,14,19,20). The van der Waals surface area contributed by atoms with E-state index >= 15 is 0 Å². The van der Waals surface area contributed by atoms with Crippen LogP contribution in [-0.2, 0) is 14.8 Å². The van der Waals surface area contributed by atoms with E-state index in [9.17, 15) is 18.5 Å². The smallest absolute Gasteiger partial charge is 0.270 e. The van der Waals surface area contributed by atoms with Crippen molar-refractivity contribution in [2.75, 3.05) is 12.4 Å². The van der Waals surface area contributed by atoms with Crippen molar-refractivity contribution in [2.24, 2.45) is 5.14 Å². The van der Waals surface area contributed by atoms with Crippen LogP contribution in [0.3, 0.4) is 0 Å². The monoisotopic (exact) mass is 329 g/mol. The molecule has 0 amide bonds. The average molecular weight is 329 g/mol. The predicted molar refractivity (Wildman–Crippen MR) is 81.1 cm³/mol. The minimum absolute atomic E-state index is 0.0423. The highest BCUT2D eigenvalue weighted by atomic mass is 32.2. The van der Waals surface area contributed by atoms with Crippen molar-refractivity contribution in [1.82, 2.24) is 0 Å². The highest BCUT2D eigenvalue weighted by Crippen LogP contribution is 2.29. The number of sulfonamides is 1. The van der Waals surface area contributed by atoms with Gasteiger partial charge in [-0.05, 0) is 31.7 Å². The van der Waals surface area contributed by atoms with Crippen LogP contribution in [-0.4, -0.2) is 32.6 Å². The maximum atomic E-state index is 11.7. The summed E-state index contributed by atoms with van der Waals surface area (Å²) in [6.45, 7) is 0. The molecule has 1 saturated carbocycles. The van der Waals surface area contributed by atoms with E-state index in [1.54, 1.807) is 7.11 Å². The minimum Gasteiger partial charge on any atom is -0.381 e. The lowest BCUT2D eigenvalue weighted by Gasteiger charge is -2.30. The van der Waals surface area contributed by atoms with Crippen molar-refractivity contribution >= 4 is 21.4 Å². The number of rotatable bonds is 5. The van der Waals surface area contributed by atoms with Crippen LogP contribution in [0.15, 0.2) is 23.1 Å². The number of nitro benzene ring substituents is 1. The lowest BCUT2D eigenvalue weighted by atomic mass is 9.92. The maximum Gasteiger partial charge on any atom is 0.270 e. The summed E-state index contributed by atoms with van der Waals surface area (Å²) in [5.41, 5.74) is -0.0251. The zero-order valence-corrected chi connectivity index (χ0v) is 13.0. The fourth-order valence-electron chi connectivity index (χ4n) is 2.69.